The summed E-state index contributed by atoms with van der Waals surface area (Å²) < 4.78 is 21.9. The van der Waals surface area contributed by atoms with Crippen molar-refractivity contribution in [1.29, 1.82) is 0 Å². The Balaban J connectivity index is 1.58. The Labute approximate surface area is 340 Å². The largest absolute Gasteiger partial charge is 0.465 e. The number of hydrogen-bond acceptors (Lipinski definition) is 8. The third kappa shape index (κ3) is 27.4. The third-order valence-corrected chi connectivity index (χ3v) is 10.1. The highest BCUT2D eigenvalue weighted by molar-refractivity contribution is 5.70. The molecule has 0 aromatic rings. The van der Waals surface area contributed by atoms with Crippen LogP contribution in [0.1, 0.15) is 155 Å². The fourth-order valence-electron chi connectivity index (χ4n) is 6.42. The Bertz CT molecular complexity index is 1150. The van der Waals surface area contributed by atoms with Gasteiger partial charge in [0.2, 0.25) is 0 Å². The molecule has 9 heteroatoms. The van der Waals surface area contributed by atoms with E-state index in [1.54, 1.807) is 0 Å². The van der Waals surface area contributed by atoms with E-state index in [2.05, 4.69) is 84.8 Å². The molecule has 2 saturated heterocycles. The molecule has 0 aromatic carbocycles. The van der Waals surface area contributed by atoms with Crippen molar-refractivity contribution < 1.29 is 33.3 Å². The van der Waals surface area contributed by atoms with Gasteiger partial charge in [-0.05, 0) is 77.0 Å². The first-order chi connectivity index (χ1) is 27.5. The zero-order valence-electron chi connectivity index (χ0n) is 35.3. The molecule has 2 aliphatic rings. The molecule has 2 rings (SSSR count). The van der Waals surface area contributed by atoms with E-state index in [0.29, 0.717) is 18.9 Å². The van der Waals surface area contributed by atoms with Crippen molar-refractivity contribution in [2.24, 2.45) is 5.92 Å². The van der Waals surface area contributed by atoms with Crippen LogP contribution in [0.3, 0.4) is 0 Å². The molecule has 2 fully saturated rings. The molecule has 2 aliphatic heterocycles. The minimum Gasteiger partial charge on any atom is -0.465 e. The van der Waals surface area contributed by atoms with Crippen LogP contribution in [-0.4, -0.2) is 81.1 Å². The second-order valence-electron chi connectivity index (χ2n) is 15.4. The first-order valence-corrected chi connectivity index (χ1v) is 22.3. The summed E-state index contributed by atoms with van der Waals surface area (Å²) in [5, 5.41) is 2.90. The summed E-state index contributed by atoms with van der Waals surface area (Å²) in [5.74, 6) is -0.967. The van der Waals surface area contributed by atoms with Crippen molar-refractivity contribution >= 4 is 18.0 Å². The predicted molar refractivity (Wildman–Crippen MR) is 228 cm³/mol. The molecule has 9 nitrogen and oxygen atoms in total. The van der Waals surface area contributed by atoms with E-state index < -0.39 is 12.0 Å². The van der Waals surface area contributed by atoms with Gasteiger partial charge in [0.1, 0.15) is 19.8 Å². The molecule has 56 heavy (non-hydrogen) atoms. The number of carbonyl (C=O) groups is 3. The molecule has 0 spiro atoms. The highest BCUT2D eigenvalue weighted by Crippen LogP contribution is 2.18. The molecule has 0 aliphatic carbocycles. The normalized spacial score (nSPS) is 16.0. The molecular formula is C47H78N2O7. The number of amides is 1. The van der Waals surface area contributed by atoms with Crippen molar-refractivity contribution in [2.45, 2.75) is 167 Å². The molecule has 318 valence electrons. The summed E-state index contributed by atoms with van der Waals surface area (Å²) in [6.07, 6.45) is 44.3. The summed E-state index contributed by atoms with van der Waals surface area (Å²) in [6, 6.07) is 0.494. The van der Waals surface area contributed by atoms with Crippen LogP contribution in [0.5, 0.6) is 0 Å². The fraction of sp³-hybridized carbons (Fsp3) is 0.723. The van der Waals surface area contributed by atoms with Crippen molar-refractivity contribution in [3.05, 3.63) is 60.8 Å². The maximum atomic E-state index is 12.5. The van der Waals surface area contributed by atoms with E-state index in [1.165, 1.54) is 25.7 Å². The molecule has 0 aromatic heterocycles. The van der Waals surface area contributed by atoms with Crippen LogP contribution in [0.2, 0.25) is 0 Å². The first kappa shape index (κ1) is 49.0. The maximum absolute atomic E-state index is 12.5. The van der Waals surface area contributed by atoms with Gasteiger partial charge in [-0.1, -0.05) is 126 Å². The fourth-order valence-corrected chi connectivity index (χ4v) is 6.42. The monoisotopic (exact) mass is 783 g/mol. The molecule has 1 atom stereocenters. The molecular weight excluding hydrogens is 705 g/mol. The zero-order chi connectivity index (χ0) is 40.2. The topological polar surface area (TPSA) is 103 Å². The van der Waals surface area contributed by atoms with Gasteiger partial charge in [0.05, 0.1) is 31.2 Å². The highest BCUT2D eigenvalue weighted by Gasteiger charge is 2.36. The molecule has 0 radical (unpaired) electrons. The van der Waals surface area contributed by atoms with E-state index >= 15 is 0 Å². The number of nitrogens with zero attached hydrogens (tertiary/aromatic N) is 1. The van der Waals surface area contributed by atoms with Gasteiger partial charge >= 0.3 is 18.0 Å². The highest BCUT2D eigenvalue weighted by atomic mass is 16.6. The standard InChI is InChI=1S/C47H78N2O7/c1-3-5-7-9-11-13-15-17-19-21-23-25-27-29-31-33-45(50)54-37-42(39-56-47(52)48-43-35-49(36-43)44-40-53-41-44)38-55-46(51)34-32-30-28-26-24-22-20-18-16-14-12-10-8-6-4-2/h5,7,11-14,17-20,42-44H,3-4,6,8-10,15-16,21-41H2,1-2H3,(H,48,52)/b7-5-,13-11-,14-12-,19-17-,20-18-. The lowest BCUT2D eigenvalue weighted by atomic mass is 10.0. The molecule has 1 amide bonds. The lowest BCUT2D eigenvalue weighted by Gasteiger charge is -2.47. The van der Waals surface area contributed by atoms with E-state index in [-0.39, 0.29) is 37.8 Å². The van der Waals surface area contributed by atoms with Crippen molar-refractivity contribution in [3.63, 3.8) is 0 Å². The van der Waals surface area contributed by atoms with E-state index in [4.69, 9.17) is 18.9 Å². The van der Waals surface area contributed by atoms with E-state index in [1.807, 2.05) is 0 Å². The summed E-state index contributed by atoms with van der Waals surface area (Å²) in [7, 11) is 0. The van der Waals surface area contributed by atoms with Gasteiger partial charge in [-0.3, -0.25) is 14.5 Å². The van der Waals surface area contributed by atoms with Gasteiger partial charge in [0, 0.05) is 25.9 Å². The van der Waals surface area contributed by atoms with E-state index in [9.17, 15) is 14.4 Å². The van der Waals surface area contributed by atoms with Crippen LogP contribution < -0.4 is 5.32 Å². The number of likely N-dealkylation sites (tertiary alicyclic amines) is 1. The number of unbranched alkanes of at least 4 members (excludes halogenated alkanes) is 13. The van der Waals surface area contributed by atoms with Crippen LogP contribution in [0.15, 0.2) is 60.8 Å². The molecule has 1 unspecified atom stereocenters. The van der Waals surface area contributed by atoms with Crippen molar-refractivity contribution in [2.75, 3.05) is 46.1 Å². The Kier molecular flexibility index (Phi) is 30.6. The Hall–Kier alpha value is -3.17. The van der Waals surface area contributed by atoms with Crippen LogP contribution in [0, 0.1) is 5.92 Å². The minimum atomic E-state index is -0.505. The lowest BCUT2D eigenvalue weighted by molar-refractivity contribution is -0.150. The SMILES string of the molecule is CC/C=C\C/C=C\C/C=C\CCCCCCCC(=O)OCC(COC(=O)CCCCCCC/C=C\C/C=C\CCCCC)COC(=O)NC1CN(C2COC2)C1. The summed E-state index contributed by atoms with van der Waals surface area (Å²) in [5.41, 5.74) is 0. The number of nitrogens with one attached hydrogen (secondary N) is 1. The van der Waals surface area contributed by atoms with Gasteiger partial charge < -0.3 is 24.3 Å². The zero-order valence-corrected chi connectivity index (χ0v) is 35.3. The van der Waals surface area contributed by atoms with Gasteiger partial charge in [0.15, 0.2) is 0 Å². The average Bonchev–Trinajstić information content (AvgIpc) is 3.15. The number of esters is 2. The van der Waals surface area contributed by atoms with Crippen LogP contribution in [-0.2, 0) is 28.5 Å². The van der Waals surface area contributed by atoms with Crippen LogP contribution >= 0.6 is 0 Å². The van der Waals surface area contributed by atoms with Crippen LogP contribution in [0.4, 0.5) is 4.79 Å². The second kappa shape index (κ2) is 35.0. The maximum Gasteiger partial charge on any atom is 0.407 e. The van der Waals surface area contributed by atoms with Crippen molar-refractivity contribution in [3.8, 4) is 0 Å². The molecule has 0 saturated carbocycles. The minimum absolute atomic E-state index is 0.00399. The van der Waals surface area contributed by atoms with Crippen molar-refractivity contribution in [1.82, 2.24) is 10.2 Å². The number of hydrogen-bond donors (Lipinski definition) is 1. The molecule has 1 N–H and O–H groups in total. The van der Waals surface area contributed by atoms with Gasteiger partial charge in [0.25, 0.3) is 0 Å². The van der Waals surface area contributed by atoms with Crippen LogP contribution in [0.25, 0.3) is 0 Å². The molecule has 0 bridgehead atoms. The van der Waals surface area contributed by atoms with Gasteiger partial charge in [-0.15, -0.1) is 0 Å². The average molecular weight is 783 g/mol. The smallest absolute Gasteiger partial charge is 0.407 e. The summed E-state index contributed by atoms with van der Waals surface area (Å²) >= 11 is 0. The first-order valence-electron chi connectivity index (χ1n) is 22.3. The number of ether oxygens (including phenoxy) is 4. The predicted octanol–water partition coefficient (Wildman–Crippen LogP) is 10.9. The Morgan fingerprint density at radius 1 is 0.589 bits per heavy atom. The number of alkyl carbamates (subject to hydrolysis) is 1. The van der Waals surface area contributed by atoms with E-state index in [0.717, 1.165) is 129 Å². The summed E-state index contributed by atoms with van der Waals surface area (Å²) in [4.78, 5) is 39.9. The van der Waals surface area contributed by atoms with Gasteiger partial charge in [-0.25, -0.2) is 4.79 Å². The van der Waals surface area contributed by atoms with Gasteiger partial charge in [-0.2, -0.15) is 0 Å². The Morgan fingerprint density at radius 3 is 1.52 bits per heavy atom. The number of carbonyl (C=O) groups excluding carboxylic acids is 3. The number of allylic oxidation sites excluding steroid dienone is 10. The summed E-state index contributed by atoms with van der Waals surface area (Å²) in [6.45, 7) is 7.53. The lowest BCUT2D eigenvalue weighted by Crippen LogP contribution is -2.66. The molecule has 2 heterocycles. The quantitative estimate of drug-likeness (QED) is 0.0293. The number of rotatable bonds is 35. The second-order valence-corrected chi connectivity index (χ2v) is 15.4. The Morgan fingerprint density at radius 2 is 1.04 bits per heavy atom. The third-order valence-electron chi connectivity index (χ3n) is 10.1.